The molecule has 0 saturated carbocycles. The number of benzene rings is 5. The lowest BCUT2D eigenvalue weighted by Crippen LogP contribution is -2.00. The van der Waals surface area contributed by atoms with Crippen LogP contribution in [0.3, 0.4) is 0 Å². The normalized spacial score (nSPS) is 11.2. The van der Waals surface area contributed by atoms with Crippen LogP contribution < -0.4 is 9.47 Å². The Kier molecular flexibility index (Phi) is 13.7. The first-order chi connectivity index (χ1) is 25.6. The molecule has 0 aliphatic carbocycles. The predicted molar refractivity (Wildman–Crippen MR) is 213 cm³/mol. The third kappa shape index (κ3) is 10.9. The summed E-state index contributed by atoms with van der Waals surface area (Å²) in [4.78, 5) is 0. The summed E-state index contributed by atoms with van der Waals surface area (Å²) in [5, 5.41) is 18.8. The van der Waals surface area contributed by atoms with E-state index in [0.717, 1.165) is 82.5 Å². The van der Waals surface area contributed by atoms with Crippen molar-refractivity contribution in [1.29, 1.82) is 0 Å². The molecule has 2 N–H and O–H groups in total. The van der Waals surface area contributed by atoms with E-state index in [0.29, 0.717) is 29.9 Å². The number of aliphatic hydroxyl groups excluding tert-OH is 1. The van der Waals surface area contributed by atoms with E-state index < -0.39 is 0 Å². The van der Waals surface area contributed by atoms with Gasteiger partial charge in [-0.05, 0) is 126 Å². The summed E-state index contributed by atoms with van der Waals surface area (Å²) in [6.07, 6.45) is 10.6. The number of halogens is 2. The topological polar surface area (TPSA) is 58.9 Å². The maximum Gasteiger partial charge on any atom is 0.131 e. The average molecular weight is 715 g/mol. The van der Waals surface area contributed by atoms with Gasteiger partial charge in [0.15, 0.2) is 0 Å². The fraction of sp³-hybridized carbons (Fsp3) is 0.234. The Balaban J connectivity index is 0.957. The van der Waals surface area contributed by atoms with Crippen molar-refractivity contribution in [3.63, 3.8) is 0 Å². The van der Waals surface area contributed by atoms with Gasteiger partial charge in [-0.2, -0.15) is 0 Å². The number of phenols is 1. The van der Waals surface area contributed by atoms with E-state index in [1.54, 1.807) is 42.5 Å². The zero-order valence-electron chi connectivity index (χ0n) is 30.6. The van der Waals surface area contributed by atoms with Gasteiger partial charge in [0.05, 0.1) is 13.2 Å². The van der Waals surface area contributed by atoms with Gasteiger partial charge >= 0.3 is 0 Å². The van der Waals surface area contributed by atoms with Crippen LogP contribution in [0.1, 0.15) is 61.6 Å². The largest absolute Gasteiger partial charge is 0.509 e. The lowest BCUT2D eigenvalue weighted by atomic mass is 9.98. The Hall–Kier alpha value is -5.62. The maximum atomic E-state index is 15.0. The molecule has 0 bridgehead atoms. The van der Waals surface area contributed by atoms with Gasteiger partial charge in [-0.3, -0.25) is 0 Å². The van der Waals surface area contributed by atoms with Gasteiger partial charge in [0.1, 0.15) is 34.6 Å². The second kappa shape index (κ2) is 18.7. The third-order valence-electron chi connectivity index (χ3n) is 9.26. The molecule has 5 aromatic carbocycles. The minimum absolute atomic E-state index is 0.111. The van der Waals surface area contributed by atoms with E-state index in [1.807, 2.05) is 62.4 Å². The van der Waals surface area contributed by atoms with Crippen LogP contribution in [0.4, 0.5) is 8.78 Å². The molecule has 274 valence electrons. The van der Waals surface area contributed by atoms with Crippen molar-refractivity contribution in [2.24, 2.45) is 0 Å². The Morgan fingerprint density at radius 3 is 1.51 bits per heavy atom. The number of aromatic hydroxyl groups is 1. The van der Waals surface area contributed by atoms with Crippen LogP contribution in [0.25, 0.3) is 39.0 Å². The molecule has 0 heterocycles. The summed E-state index contributed by atoms with van der Waals surface area (Å²) in [7, 11) is 0. The molecule has 5 rings (SSSR count). The Morgan fingerprint density at radius 1 is 0.566 bits per heavy atom. The van der Waals surface area contributed by atoms with E-state index in [4.69, 9.17) is 9.47 Å². The van der Waals surface area contributed by atoms with Gasteiger partial charge in [-0.1, -0.05) is 99.9 Å². The fourth-order valence-electron chi connectivity index (χ4n) is 6.25. The number of rotatable bonds is 18. The van der Waals surface area contributed by atoms with Crippen LogP contribution in [-0.2, 0) is 0 Å². The molecule has 4 nitrogen and oxygen atoms in total. The lowest BCUT2D eigenvalue weighted by molar-refractivity contribution is 0.298. The summed E-state index contributed by atoms with van der Waals surface area (Å²) in [6.45, 7) is 12.6. The summed E-state index contributed by atoms with van der Waals surface area (Å²) >= 11 is 0. The number of unbranched alkanes of at least 4 members (excludes halogenated alkanes) is 6. The van der Waals surface area contributed by atoms with Crippen LogP contribution >= 0.6 is 0 Å². The molecule has 0 aromatic heterocycles. The molecular weight excluding hydrogens is 667 g/mol. The highest BCUT2D eigenvalue weighted by atomic mass is 19.1. The van der Waals surface area contributed by atoms with E-state index in [1.165, 1.54) is 31.1 Å². The molecule has 0 amide bonds. The quantitative estimate of drug-likeness (QED) is 0.0539. The van der Waals surface area contributed by atoms with Gasteiger partial charge in [-0.15, -0.1) is 0 Å². The fourth-order valence-corrected chi connectivity index (χ4v) is 6.25. The summed E-state index contributed by atoms with van der Waals surface area (Å²) in [5.74, 6) is 1.05. The summed E-state index contributed by atoms with van der Waals surface area (Å²) < 4.78 is 41.9. The molecule has 0 atom stereocenters. The van der Waals surface area contributed by atoms with Crippen molar-refractivity contribution in [1.82, 2.24) is 0 Å². The lowest BCUT2D eigenvalue weighted by Gasteiger charge is -2.12. The number of ether oxygens (including phenoxy) is 2. The number of phenolic OH excluding ortho intramolecular Hbond substituents is 1. The van der Waals surface area contributed by atoms with Crippen molar-refractivity contribution in [2.75, 3.05) is 13.2 Å². The summed E-state index contributed by atoms with van der Waals surface area (Å²) in [6, 6.07) is 28.7. The molecule has 0 unspecified atom stereocenters. The first-order valence-electron chi connectivity index (χ1n) is 18.2. The molecule has 5 aromatic rings. The minimum atomic E-state index is -0.378. The number of aryl methyl sites for hydroxylation is 2. The minimum Gasteiger partial charge on any atom is -0.509 e. The number of hydrogen-bond acceptors (Lipinski definition) is 4. The molecule has 0 aliphatic heterocycles. The van der Waals surface area contributed by atoms with Crippen LogP contribution in [0.5, 0.6) is 17.2 Å². The van der Waals surface area contributed by atoms with Crippen molar-refractivity contribution in [3.05, 3.63) is 156 Å². The molecule has 0 radical (unpaired) electrons. The van der Waals surface area contributed by atoms with Crippen molar-refractivity contribution < 1.29 is 28.5 Å². The second-order valence-corrected chi connectivity index (χ2v) is 13.4. The zero-order valence-corrected chi connectivity index (χ0v) is 30.6. The van der Waals surface area contributed by atoms with Gasteiger partial charge in [0, 0.05) is 11.1 Å². The number of aliphatic hydroxyl groups is 1. The van der Waals surface area contributed by atoms with Crippen LogP contribution in [0.15, 0.2) is 128 Å². The molecular formula is C47H48F2O4. The number of hydrogen-bond donors (Lipinski definition) is 2. The van der Waals surface area contributed by atoms with Crippen LogP contribution in [0, 0.1) is 25.5 Å². The Labute approximate surface area is 312 Å². The molecule has 0 fully saturated rings. The summed E-state index contributed by atoms with van der Waals surface area (Å²) in [5.41, 5.74) is 7.48. The van der Waals surface area contributed by atoms with Crippen LogP contribution in [-0.4, -0.2) is 23.4 Å². The zero-order chi connectivity index (χ0) is 37.7. The van der Waals surface area contributed by atoms with E-state index in [9.17, 15) is 19.0 Å². The van der Waals surface area contributed by atoms with Crippen molar-refractivity contribution >= 4 is 5.57 Å². The van der Waals surface area contributed by atoms with Gasteiger partial charge < -0.3 is 19.7 Å². The average Bonchev–Trinajstić information content (AvgIpc) is 3.14. The smallest absolute Gasteiger partial charge is 0.131 e. The standard InChI is InChI=1S/C47H48F2O4/c1-32(12-13-35(4)50)42-22-16-39(30-44(42)48)37-18-24-46(33(2)28-37)52-26-10-8-6-5-7-9-11-27-53-47-25-19-38(29-34(47)3)40-17-23-43(45(49)31-40)36-14-20-41(51)21-15-36/h12-25,28-31,50-51H,1,4-11,26-27H2,2-3H3/b13-12-. The van der Waals surface area contributed by atoms with Gasteiger partial charge in [-0.25, -0.2) is 8.78 Å². The van der Waals surface area contributed by atoms with Crippen molar-refractivity contribution in [2.45, 2.75) is 58.8 Å². The van der Waals surface area contributed by atoms with Crippen LogP contribution in [0.2, 0.25) is 0 Å². The second-order valence-electron chi connectivity index (χ2n) is 13.4. The molecule has 0 saturated heterocycles. The molecule has 53 heavy (non-hydrogen) atoms. The maximum absolute atomic E-state index is 15.0. The number of allylic oxidation sites excluding steroid dienone is 3. The molecule has 6 heteroatoms. The third-order valence-corrected chi connectivity index (χ3v) is 9.26. The SMILES string of the molecule is C=C(O)/C=C\C(=C)c1ccc(-c2ccc(OCCCCCCCCCOc3ccc(-c4ccc(-c5ccc(O)cc5)c(F)c4)cc3C)c(C)c2)cc1F. The van der Waals surface area contributed by atoms with Crippen molar-refractivity contribution in [3.8, 4) is 50.6 Å². The Morgan fingerprint density at radius 2 is 1.02 bits per heavy atom. The Bertz CT molecular complexity index is 2060. The first kappa shape index (κ1) is 38.6. The highest BCUT2D eigenvalue weighted by Gasteiger charge is 2.11. The van der Waals surface area contributed by atoms with E-state index >= 15 is 0 Å². The highest BCUT2D eigenvalue weighted by molar-refractivity contribution is 5.76. The monoisotopic (exact) mass is 714 g/mol. The first-order valence-corrected chi connectivity index (χ1v) is 18.2. The van der Waals surface area contributed by atoms with Gasteiger partial charge in [0.2, 0.25) is 0 Å². The molecule has 0 aliphatic rings. The molecule has 0 spiro atoms. The van der Waals surface area contributed by atoms with E-state index in [2.05, 4.69) is 13.2 Å². The predicted octanol–water partition coefficient (Wildman–Crippen LogP) is 13.1. The van der Waals surface area contributed by atoms with Gasteiger partial charge in [0.25, 0.3) is 0 Å². The van der Waals surface area contributed by atoms with E-state index in [-0.39, 0.29) is 23.1 Å². The highest BCUT2D eigenvalue weighted by Crippen LogP contribution is 2.32.